The van der Waals surface area contributed by atoms with Crippen molar-refractivity contribution in [2.45, 2.75) is 41.5 Å². The second-order valence-electron chi connectivity index (χ2n) is 8.57. The fourth-order valence-electron chi connectivity index (χ4n) is 2.11. The van der Waals surface area contributed by atoms with Crippen molar-refractivity contribution in [3.8, 4) is 0 Å². The van der Waals surface area contributed by atoms with Crippen molar-refractivity contribution in [3.05, 3.63) is 0 Å². The van der Waals surface area contributed by atoms with Crippen LogP contribution < -0.4 is 0 Å². The van der Waals surface area contributed by atoms with Gasteiger partial charge in [-0.1, -0.05) is 41.5 Å². The van der Waals surface area contributed by atoms with Crippen molar-refractivity contribution >= 4 is 37.1 Å². The first-order chi connectivity index (χ1) is 11.7. The third kappa shape index (κ3) is 7.82. The molecule has 156 valence electrons. The van der Waals surface area contributed by atoms with Gasteiger partial charge in [-0.2, -0.15) is 0 Å². The van der Waals surface area contributed by atoms with Crippen LogP contribution in [0.4, 0.5) is 0 Å². The van der Waals surface area contributed by atoms with E-state index in [9.17, 15) is 0 Å². The van der Waals surface area contributed by atoms with Gasteiger partial charge in [0.15, 0.2) is 0 Å². The van der Waals surface area contributed by atoms with Crippen molar-refractivity contribution in [2.24, 2.45) is 22.7 Å². The number of hydrogen-bond donors (Lipinski definition) is 0. The summed E-state index contributed by atoms with van der Waals surface area (Å²) in [5.74, 6) is 0.803. The maximum Gasteiger partial charge on any atom is 0.326 e. The highest BCUT2D eigenvalue weighted by Gasteiger charge is 2.35. The van der Waals surface area contributed by atoms with Crippen molar-refractivity contribution in [3.63, 3.8) is 0 Å². The fourth-order valence-corrected chi connectivity index (χ4v) is 4.86. The van der Waals surface area contributed by atoms with Crippen LogP contribution in [0.2, 0.25) is 0 Å². The average Bonchev–Trinajstić information content (AvgIpc) is 2.54. The molecule has 0 aromatic carbocycles. The summed E-state index contributed by atoms with van der Waals surface area (Å²) in [7, 11) is 3.08. The van der Waals surface area contributed by atoms with E-state index in [0.717, 1.165) is 0 Å². The zero-order valence-corrected chi connectivity index (χ0v) is 20.6. The lowest BCUT2D eigenvalue weighted by atomic mass is 9.82. The van der Waals surface area contributed by atoms with Gasteiger partial charge in [0, 0.05) is 26.1 Å². The van der Waals surface area contributed by atoms with Gasteiger partial charge in [-0.15, -0.1) is 0 Å². The lowest BCUT2D eigenvalue weighted by Crippen LogP contribution is -2.32. The molecule has 6 nitrogen and oxygen atoms in total. The van der Waals surface area contributed by atoms with Crippen LogP contribution >= 0.6 is 13.4 Å². The summed E-state index contributed by atoms with van der Waals surface area (Å²) >= 11 is 10.2. The first-order valence-electron chi connectivity index (χ1n) is 8.64. The highest BCUT2D eigenvalue weighted by atomic mass is 32.5. The predicted octanol–water partition coefficient (Wildman–Crippen LogP) is 5.13. The number of hydrogen-bond acceptors (Lipinski definition) is 8. The van der Waals surface area contributed by atoms with E-state index in [4.69, 9.17) is 50.8 Å². The molecule has 2 saturated heterocycles. The predicted molar refractivity (Wildman–Crippen MR) is 112 cm³/mol. The van der Waals surface area contributed by atoms with E-state index in [1.807, 2.05) is 0 Å². The molecule has 0 bridgehead atoms. The summed E-state index contributed by atoms with van der Waals surface area (Å²) < 4.78 is 31.8. The Morgan fingerprint density at radius 1 is 0.654 bits per heavy atom. The molecule has 2 heterocycles. The van der Waals surface area contributed by atoms with Crippen molar-refractivity contribution in [1.82, 2.24) is 0 Å². The topological polar surface area (TPSA) is 55.4 Å². The highest BCUT2D eigenvalue weighted by Crippen LogP contribution is 2.54. The zero-order valence-electron chi connectivity index (χ0n) is 17.1. The molecule has 2 aliphatic heterocycles. The Balaban J connectivity index is 0.000000260. The van der Waals surface area contributed by atoms with Crippen LogP contribution in [0.5, 0.6) is 0 Å². The maximum absolute atomic E-state index is 5.44. The van der Waals surface area contributed by atoms with Crippen LogP contribution in [0.15, 0.2) is 0 Å². The third-order valence-corrected chi connectivity index (χ3v) is 9.55. The quantitative estimate of drug-likeness (QED) is 0.539. The lowest BCUT2D eigenvalue weighted by molar-refractivity contribution is 0.0268. The highest BCUT2D eigenvalue weighted by molar-refractivity contribution is 8.07. The minimum Gasteiger partial charge on any atom is -0.312 e. The Bertz CT molecular complexity index is 472. The van der Waals surface area contributed by atoms with Gasteiger partial charge in [0.25, 0.3) is 0 Å². The normalized spacial score (nSPS) is 36.2. The van der Waals surface area contributed by atoms with Gasteiger partial charge in [0.1, 0.15) is 0 Å². The molecule has 2 rings (SSSR count). The zero-order chi connectivity index (χ0) is 20.2. The molecule has 0 unspecified atom stereocenters. The van der Waals surface area contributed by atoms with Crippen LogP contribution in [-0.2, 0) is 50.8 Å². The molecule has 0 saturated carbocycles. The van der Waals surface area contributed by atoms with E-state index in [-0.39, 0.29) is 10.8 Å². The van der Waals surface area contributed by atoms with Crippen molar-refractivity contribution in [2.75, 3.05) is 40.6 Å². The maximum atomic E-state index is 5.44. The molecule has 0 N–H and O–H groups in total. The SMILES string of the molecule is COP1(=S)OCC(C(C)(C)C)CO1.COP1(=S)OCC(C(C)(C)C)CO1. The minimum absolute atomic E-state index is 0.203. The molecule has 0 atom stereocenters. The Morgan fingerprint density at radius 3 is 1.04 bits per heavy atom. The molecular weight excluding hydrogens is 414 g/mol. The molecular formula is C16H34O6P2S2. The van der Waals surface area contributed by atoms with E-state index in [0.29, 0.717) is 38.3 Å². The summed E-state index contributed by atoms with van der Waals surface area (Å²) in [5.41, 5.74) is 0.405. The summed E-state index contributed by atoms with van der Waals surface area (Å²) in [4.78, 5) is 0. The van der Waals surface area contributed by atoms with Crippen LogP contribution in [0, 0.1) is 22.7 Å². The molecule has 0 aromatic heterocycles. The molecule has 0 spiro atoms. The van der Waals surface area contributed by atoms with Gasteiger partial charge in [0.2, 0.25) is 0 Å². The number of rotatable bonds is 2. The van der Waals surface area contributed by atoms with Crippen LogP contribution in [-0.4, -0.2) is 40.6 Å². The second kappa shape index (κ2) is 9.71. The average molecular weight is 449 g/mol. The van der Waals surface area contributed by atoms with E-state index in [1.165, 1.54) is 14.2 Å². The molecule has 0 aliphatic carbocycles. The van der Waals surface area contributed by atoms with Gasteiger partial charge >= 0.3 is 13.4 Å². The van der Waals surface area contributed by atoms with Gasteiger partial charge in [-0.25, -0.2) is 0 Å². The summed E-state index contributed by atoms with van der Waals surface area (Å²) in [5, 5.41) is 0. The summed E-state index contributed by atoms with van der Waals surface area (Å²) in [6.45, 7) is 10.9. The Morgan fingerprint density at radius 2 is 0.885 bits per heavy atom. The molecule has 0 aromatic rings. The first kappa shape index (κ1) is 25.1. The van der Waals surface area contributed by atoms with E-state index < -0.39 is 13.4 Å². The minimum atomic E-state index is -2.37. The van der Waals surface area contributed by atoms with E-state index in [1.54, 1.807) is 0 Å². The van der Waals surface area contributed by atoms with Crippen LogP contribution in [0.25, 0.3) is 0 Å². The molecule has 0 radical (unpaired) electrons. The second-order valence-corrected chi connectivity index (χ2v) is 14.8. The Hall–Kier alpha value is 1.06. The molecule has 26 heavy (non-hydrogen) atoms. The molecule has 2 aliphatic rings. The Kier molecular flexibility index (Phi) is 9.37. The van der Waals surface area contributed by atoms with Gasteiger partial charge < -0.3 is 27.1 Å². The molecule has 2 fully saturated rings. The van der Waals surface area contributed by atoms with E-state index in [2.05, 4.69) is 41.5 Å². The van der Waals surface area contributed by atoms with Gasteiger partial charge in [-0.05, 0) is 34.4 Å². The standard InChI is InChI=1S/2C8H17O3PS/c2*1-8(2,3)7-5-10-12(13,9-4)11-6-7/h2*7H,5-6H2,1-4H3. The first-order valence-corrected chi connectivity index (χ1v) is 13.8. The van der Waals surface area contributed by atoms with Crippen LogP contribution in [0.1, 0.15) is 41.5 Å². The fraction of sp³-hybridized carbons (Fsp3) is 1.00. The van der Waals surface area contributed by atoms with Crippen molar-refractivity contribution < 1.29 is 27.1 Å². The Labute approximate surface area is 169 Å². The lowest BCUT2D eigenvalue weighted by Gasteiger charge is -2.36. The third-order valence-electron chi connectivity index (χ3n) is 4.63. The van der Waals surface area contributed by atoms with E-state index >= 15 is 0 Å². The van der Waals surface area contributed by atoms with Gasteiger partial charge in [0.05, 0.1) is 26.4 Å². The van der Waals surface area contributed by atoms with Crippen molar-refractivity contribution in [1.29, 1.82) is 0 Å². The van der Waals surface area contributed by atoms with Gasteiger partial charge in [-0.3, -0.25) is 0 Å². The van der Waals surface area contributed by atoms with Crippen LogP contribution in [0.3, 0.4) is 0 Å². The molecule has 0 amide bonds. The summed E-state index contributed by atoms with van der Waals surface area (Å²) in [6.07, 6.45) is 0. The smallest absolute Gasteiger partial charge is 0.312 e. The monoisotopic (exact) mass is 448 g/mol. The largest absolute Gasteiger partial charge is 0.326 e. The molecule has 10 heteroatoms. The summed E-state index contributed by atoms with van der Waals surface area (Å²) in [6, 6.07) is 0.